The lowest BCUT2D eigenvalue weighted by molar-refractivity contribution is 0.0730. The number of nitrogens with one attached hydrogen (secondary N) is 1. The van der Waals surface area contributed by atoms with Crippen LogP contribution in [0.25, 0.3) is 0 Å². The predicted molar refractivity (Wildman–Crippen MR) is 100 cm³/mol. The van der Waals surface area contributed by atoms with Crippen LogP contribution in [0.1, 0.15) is 40.5 Å². The monoisotopic (exact) mass is 352 g/mol. The van der Waals surface area contributed by atoms with Gasteiger partial charge in [0.25, 0.3) is 5.91 Å². The molecule has 0 saturated carbocycles. The van der Waals surface area contributed by atoms with Crippen molar-refractivity contribution in [2.24, 2.45) is 7.05 Å². The van der Waals surface area contributed by atoms with Gasteiger partial charge >= 0.3 is 6.03 Å². The van der Waals surface area contributed by atoms with Crippen molar-refractivity contribution in [2.45, 2.75) is 25.8 Å². The number of hydrogen-bond acceptors (Lipinski definition) is 2. The zero-order valence-corrected chi connectivity index (χ0v) is 15.2. The molecule has 3 heterocycles. The number of carbonyl (C=O) groups is 2. The summed E-state index contributed by atoms with van der Waals surface area (Å²) in [5.41, 5.74) is 3.54. The molecule has 1 aromatic heterocycles. The standard InChI is InChI=1S/C20H24N4O2/c1-14-15(6-3-7-16(14)24-13-10-21-20(24)26)19(25)23-12-5-9-18(23)17-8-4-11-22(17)2/h3-4,6-8,11,18H,5,9-10,12-13H2,1-2H3,(H,21,26). The minimum Gasteiger partial charge on any atom is -0.353 e. The number of nitrogens with zero attached hydrogens (tertiary/aromatic N) is 3. The van der Waals surface area contributed by atoms with Gasteiger partial charge in [0.1, 0.15) is 0 Å². The molecule has 136 valence electrons. The van der Waals surface area contributed by atoms with Crippen LogP contribution in [0, 0.1) is 6.92 Å². The molecule has 0 bridgehead atoms. The lowest BCUT2D eigenvalue weighted by Crippen LogP contribution is -2.33. The highest BCUT2D eigenvalue weighted by molar-refractivity contribution is 6.00. The predicted octanol–water partition coefficient (Wildman–Crippen LogP) is 2.84. The Morgan fingerprint density at radius 2 is 2.04 bits per heavy atom. The summed E-state index contributed by atoms with van der Waals surface area (Å²) in [6.07, 6.45) is 4.01. The Balaban J connectivity index is 1.66. The van der Waals surface area contributed by atoms with Gasteiger partial charge in [0, 0.05) is 49.8 Å². The van der Waals surface area contributed by atoms with E-state index < -0.39 is 0 Å². The molecule has 2 fully saturated rings. The topological polar surface area (TPSA) is 57.6 Å². The highest BCUT2D eigenvalue weighted by atomic mass is 16.2. The summed E-state index contributed by atoms with van der Waals surface area (Å²) in [4.78, 5) is 29.0. The van der Waals surface area contributed by atoms with Crippen LogP contribution in [0.5, 0.6) is 0 Å². The van der Waals surface area contributed by atoms with E-state index in [1.54, 1.807) is 4.90 Å². The minimum absolute atomic E-state index is 0.0488. The maximum absolute atomic E-state index is 13.3. The van der Waals surface area contributed by atoms with Gasteiger partial charge in [0.15, 0.2) is 0 Å². The number of benzene rings is 1. The van der Waals surface area contributed by atoms with E-state index in [1.807, 2.05) is 49.3 Å². The minimum atomic E-state index is -0.0967. The summed E-state index contributed by atoms with van der Waals surface area (Å²) in [6, 6.07) is 9.78. The molecule has 1 unspecified atom stereocenters. The van der Waals surface area contributed by atoms with Crippen molar-refractivity contribution < 1.29 is 9.59 Å². The fraction of sp³-hybridized carbons (Fsp3) is 0.400. The van der Waals surface area contributed by atoms with Crippen LogP contribution in [-0.2, 0) is 7.05 Å². The number of rotatable bonds is 3. The Bertz CT molecular complexity index is 857. The molecule has 1 N–H and O–H groups in total. The maximum atomic E-state index is 13.3. The largest absolute Gasteiger partial charge is 0.353 e. The summed E-state index contributed by atoms with van der Waals surface area (Å²) in [6.45, 7) is 3.97. The van der Waals surface area contributed by atoms with Crippen molar-refractivity contribution in [2.75, 3.05) is 24.5 Å². The summed E-state index contributed by atoms with van der Waals surface area (Å²) in [7, 11) is 2.02. The molecule has 6 heteroatoms. The van der Waals surface area contributed by atoms with Gasteiger partial charge in [0.05, 0.1) is 6.04 Å². The van der Waals surface area contributed by atoms with E-state index in [2.05, 4.69) is 16.0 Å². The summed E-state index contributed by atoms with van der Waals surface area (Å²) in [5, 5.41) is 2.82. The van der Waals surface area contributed by atoms with Crippen LogP contribution < -0.4 is 10.2 Å². The molecule has 0 aliphatic carbocycles. The molecule has 2 aromatic rings. The highest BCUT2D eigenvalue weighted by Gasteiger charge is 2.33. The maximum Gasteiger partial charge on any atom is 0.322 e. The van der Waals surface area contributed by atoms with Crippen LogP contribution in [0.15, 0.2) is 36.5 Å². The van der Waals surface area contributed by atoms with E-state index in [0.717, 1.165) is 30.6 Å². The van der Waals surface area contributed by atoms with E-state index in [4.69, 9.17) is 0 Å². The van der Waals surface area contributed by atoms with Crippen LogP contribution in [0.4, 0.5) is 10.5 Å². The fourth-order valence-electron chi connectivity index (χ4n) is 4.14. The van der Waals surface area contributed by atoms with Crippen LogP contribution >= 0.6 is 0 Å². The van der Waals surface area contributed by atoms with Crippen molar-refractivity contribution >= 4 is 17.6 Å². The first-order valence-corrected chi connectivity index (χ1v) is 9.15. The van der Waals surface area contributed by atoms with Crippen molar-refractivity contribution in [1.29, 1.82) is 0 Å². The fourth-order valence-corrected chi connectivity index (χ4v) is 4.14. The van der Waals surface area contributed by atoms with Gasteiger partial charge in [-0.05, 0) is 49.6 Å². The number of hydrogen-bond donors (Lipinski definition) is 1. The zero-order chi connectivity index (χ0) is 18.3. The van der Waals surface area contributed by atoms with Gasteiger partial charge in [-0.15, -0.1) is 0 Å². The van der Waals surface area contributed by atoms with E-state index in [1.165, 1.54) is 5.69 Å². The number of aryl methyl sites for hydroxylation is 1. The third-order valence-corrected chi connectivity index (χ3v) is 5.52. The lowest BCUT2D eigenvalue weighted by atomic mass is 10.0. The zero-order valence-electron chi connectivity index (χ0n) is 15.2. The smallest absolute Gasteiger partial charge is 0.322 e. The Labute approximate surface area is 153 Å². The molecular formula is C20H24N4O2. The molecule has 1 atom stereocenters. The molecule has 2 aliphatic heterocycles. The second kappa shape index (κ2) is 6.52. The Morgan fingerprint density at radius 3 is 2.73 bits per heavy atom. The molecule has 0 radical (unpaired) electrons. The van der Waals surface area contributed by atoms with Gasteiger partial charge in [-0.3, -0.25) is 9.69 Å². The summed E-state index contributed by atoms with van der Waals surface area (Å²) >= 11 is 0. The number of amides is 3. The molecule has 4 rings (SSSR count). The molecular weight excluding hydrogens is 328 g/mol. The summed E-state index contributed by atoms with van der Waals surface area (Å²) < 4.78 is 2.09. The van der Waals surface area contributed by atoms with E-state index in [0.29, 0.717) is 18.7 Å². The normalized spacial score (nSPS) is 19.9. The van der Waals surface area contributed by atoms with Gasteiger partial charge in [0.2, 0.25) is 0 Å². The van der Waals surface area contributed by atoms with Crippen molar-refractivity contribution in [3.05, 3.63) is 53.3 Å². The van der Waals surface area contributed by atoms with Gasteiger partial charge in [-0.25, -0.2) is 4.79 Å². The Kier molecular flexibility index (Phi) is 4.18. The quantitative estimate of drug-likeness (QED) is 0.923. The number of carbonyl (C=O) groups excluding carboxylic acids is 2. The van der Waals surface area contributed by atoms with Crippen LogP contribution in [0.3, 0.4) is 0 Å². The summed E-state index contributed by atoms with van der Waals surface area (Å²) in [5.74, 6) is 0.0488. The molecule has 26 heavy (non-hydrogen) atoms. The first kappa shape index (κ1) is 16.7. The molecule has 1 aromatic carbocycles. The van der Waals surface area contributed by atoms with Crippen molar-refractivity contribution in [3.63, 3.8) is 0 Å². The number of urea groups is 1. The number of likely N-dealkylation sites (tertiary alicyclic amines) is 1. The van der Waals surface area contributed by atoms with Gasteiger partial charge in [-0.2, -0.15) is 0 Å². The third-order valence-electron chi connectivity index (χ3n) is 5.52. The average molecular weight is 352 g/mol. The second-order valence-electron chi connectivity index (χ2n) is 7.03. The second-order valence-corrected chi connectivity index (χ2v) is 7.03. The lowest BCUT2D eigenvalue weighted by Gasteiger charge is -2.27. The molecule has 6 nitrogen and oxygen atoms in total. The third kappa shape index (κ3) is 2.66. The molecule has 0 spiro atoms. The van der Waals surface area contributed by atoms with Gasteiger partial charge in [-0.1, -0.05) is 6.07 Å². The van der Waals surface area contributed by atoms with Crippen LogP contribution in [-0.4, -0.2) is 41.0 Å². The first-order valence-electron chi connectivity index (χ1n) is 9.15. The van der Waals surface area contributed by atoms with E-state index in [9.17, 15) is 9.59 Å². The SMILES string of the molecule is Cc1c(C(=O)N2CCCC2c2cccn2C)cccc1N1CCNC1=O. The van der Waals surface area contributed by atoms with Crippen molar-refractivity contribution in [3.8, 4) is 0 Å². The first-order chi connectivity index (χ1) is 12.6. The van der Waals surface area contributed by atoms with E-state index in [-0.39, 0.29) is 18.0 Å². The van der Waals surface area contributed by atoms with Gasteiger partial charge < -0.3 is 14.8 Å². The average Bonchev–Trinajstić information content (AvgIpc) is 3.35. The molecule has 2 aliphatic rings. The molecule has 3 amide bonds. The molecule has 2 saturated heterocycles. The number of aromatic nitrogens is 1. The van der Waals surface area contributed by atoms with E-state index >= 15 is 0 Å². The number of anilines is 1. The Hall–Kier alpha value is -2.76. The Morgan fingerprint density at radius 1 is 1.19 bits per heavy atom. The van der Waals surface area contributed by atoms with Crippen LogP contribution in [0.2, 0.25) is 0 Å². The highest BCUT2D eigenvalue weighted by Crippen LogP contribution is 2.34. The van der Waals surface area contributed by atoms with Crippen molar-refractivity contribution in [1.82, 2.24) is 14.8 Å².